The van der Waals surface area contributed by atoms with Gasteiger partial charge in [-0.05, 0) is 92.3 Å². The zero-order valence-corrected chi connectivity index (χ0v) is 17.5. The molecular formula is C23H36O4. The van der Waals surface area contributed by atoms with Crippen LogP contribution < -0.4 is 0 Å². The molecular weight excluding hydrogens is 340 g/mol. The van der Waals surface area contributed by atoms with Crippen LogP contribution in [-0.4, -0.2) is 25.2 Å². The highest BCUT2D eigenvalue weighted by Crippen LogP contribution is 2.67. The summed E-state index contributed by atoms with van der Waals surface area (Å²) in [5.74, 6) is 2.85. The summed E-state index contributed by atoms with van der Waals surface area (Å²) in [4.78, 5) is 23.8. The maximum Gasteiger partial charge on any atom is 0.309 e. The summed E-state index contributed by atoms with van der Waals surface area (Å²) in [6, 6.07) is 0. The SMILES string of the molecule is COC(=O)[C@H]1CC[C@H]2[C@@H]3CC[C@@H]4C[C@H](OC(C)=O)CC[C@]4(C)[C@H]3CC[C@]12C. The number of hydrogen-bond acceptors (Lipinski definition) is 4. The Kier molecular flexibility index (Phi) is 4.83. The fourth-order valence-electron chi connectivity index (χ4n) is 8.09. The molecule has 0 amide bonds. The van der Waals surface area contributed by atoms with Gasteiger partial charge in [0.15, 0.2) is 0 Å². The van der Waals surface area contributed by atoms with E-state index in [1.54, 1.807) is 7.11 Å². The first kappa shape index (κ1) is 19.3. The molecule has 0 spiro atoms. The monoisotopic (exact) mass is 376 g/mol. The smallest absolute Gasteiger partial charge is 0.309 e. The van der Waals surface area contributed by atoms with Gasteiger partial charge in [-0.1, -0.05) is 13.8 Å². The number of hydrogen-bond donors (Lipinski definition) is 0. The highest BCUT2D eigenvalue weighted by molar-refractivity contribution is 5.73. The van der Waals surface area contributed by atoms with E-state index in [2.05, 4.69) is 13.8 Å². The second kappa shape index (κ2) is 6.77. The van der Waals surface area contributed by atoms with Crippen molar-refractivity contribution in [3.63, 3.8) is 0 Å². The Bertz CT molecular complexity index is 615. The number of esters is 2. The molecule has 4 rings (SSSR count). The summed E-state index contributed by atoms with van der Waals surface area (Å²) >= 11 is 0. The van der Waals surface area contributed by atoms with Crippen molar-refractivity contribution in [3.8, 4) is 0 Å². The summed E-state index contributed by atoms with van der Waals surface area (Å²) in [7, 11) is 1.54. The van der Waals surface area contributed by atoms with Gasteiger partial charge in [0.05, 0.1) is 13.0 Å². The minimum atomic E-state index is -0.134. The Morgan fingerprint density at radius 2 is 1.59 bits per heavy atom. The number of carbonyl (C=O) groups is 2. The molecule has 4 aliphatic rings. The summed E-state index contributed by atoms with van der Waals surface area (Å²) in [6.45, 7) is 6.42. The van der Waals surface area contributed by atoms with Crippen molar-refractivity contribution in [1.82, 2.24) is 0 Å². The van der Waals surface area contributed by atoms with Gasteiger partial charge in [-0.3, -0.25) is 9.59 Å². The van der Waals surface area contributed by atoms with Crippen molar-refractivity contribution in [2.75, 3.05) is 7.11 Å². The minimum Gasteiger partial charge on any atom is -0.469 e. The molecule has 0 aromatic heterocycles. The number of ether oxygens (including phenoxy) is 2. The Morgan fingerprint density at radius 1 is 0.889 bits per heavy atom. The lowest BCUT2D eigenvalue weighted by molar-refractivity contribution is -0.164. The molecule has 0 heterocycles. The quantitative estimate of drug-likeness (QED) is 0.653. The van der Waals surface area contributed by atoms with Crippen LogP contribution in [0.2, 0.25) is 0 Å². The third kappa shape index (κ3) is 2.93. The van der Waals surface area contributed by atoms with Gasteiger partial charge in [-0.25, -0.2) is 0 Å². The molecule has 0 radical (unpaired) electrons. The average molecular weight is 377 g/mol. The van der Waals surface area contributed by atoms with Gasteiger partial charge < -0.3 is 9.47 Å². The molecule has 4 saturated carbocycles. The molecule has 0 aromatic rings. The van der Waals surface area contributed by atoms with E-state index in [1.165, 1.54) is 39.0 Å². The van der Waals surface area contributed by atoms with Crippen LogP contribution in [0.4, 0.5) is 0 Å². The number of rotatable bonds is 2. The van der Waals surface area contributed by atoms with Gasteiger partial charge in [-0.2, -0.15) is 0 Å². The molecule has 0 saturated heterocycles. The third-order valence-electron chi connectivity index (χ3n) is 9.44. The molecule has 0 aliphatic heterocycles. The molecule has 8 atom stereocenters. The molecule has 27 heavy (non-hydrogen) atoms. The Balaban J connectivity index is 1.53. The molecule has 4 fully saturated rings. The van der Waals surface area contributed by atoms with E-state index in [9.17, 15) is 9.59 Å². The zero-order valence-electron chi connectivity index (χ0n) is 17.5. The average Bonchev–Trinajstić information content (AvgIpc) is 2.98. The van der Waals surface area contributed by atoms with Crippen LogP contribution in [0.15, 0.2) is 0 Å². The van der Waals surface area contributed by atoms with Gasteiger partial charge in [0.2, 0.25) is 0 Å². The lowest BCUT2D eigenvalue weighted by atomic mass is 9.44. The van der Waals surface area contributed by atoms with Gasteiger partial charge in [-0.15, -0.1) is 0 Å². The normalized spacial score (nSPS) is 48.7. The van der Waals surface area contributed by atoms with Crippen molar-refractivity contribution in [1.29, 1.82) is 0 Å². The van der Waals surface area contributed by atoms with Gasteiger partial charge >= 0.3 is 11.9 Å². The van der Waals surface area contributed by atoms with Crippen molar-refractivity contribution in [2.45, 2.75) is 84.7 Å². The Labute approximate surface area is 163 Å². The first-order valence-corrected chi connectivity index (χ1v) is 11.0. The maximum atomic E-state index is 12.4. The van der Waals surface area contributed by atoms with Crippen LogP contribution in [0, 0.1) is 40.4 Å². The molecule has 152 valence electrons. The predicted molar refractivity (Wildman–Crippen MR) is 103 cm³/mol. The summed E-state index contributed by atoms with van der Waals surface area (Å²) in [6.07, 6.45) is 10.5. The fourth-order valence-corrected chi connectivity index (χ4v) is 8.09. The largest absolute Gasteiger partial charge is 0.469 e. The number of methoxy groups -OCH3 is 1. The molecule has 4 aliphatic carbocycles. The van der Waals surface area contributed by atoms with Crippen LogP contribution in [0.3, 0.4) is 0 Å². The zero-order chi connectivity index (χ0) is 19.4. The second-order valence-electron chi connectivity index (χ2n) is 10.4. The van der Waals surface area contributed by atoms with Crippen molar-refractivity contribution < 1.29 is 19.1 Å². The van der Waals surface area contributed by atoms with E-state index in [0.29, 0.717) is 17.3 Å². The van der Waals surface area contributed by atoms with E-state index < -0.39 is 0 Å². The van der Waals surface area contributed by atoms with E-state index in [4.69, 9.17) is 9.47 Å². The van der Waals surface area contributed by atoms with Gasteiger partial charge in [0.25, 0.3) is 0 Å². The van der Waals surface area contributed by atoms with Crippen LogP contribution >= 0.6 is 0 Å². The van der Waals surface area contributed by atoms with Crippen molar-refractivity contribution >= 4 is 11.9 Å². The minimum absolute atomic E-state index is 0.0141. The number of carbonyl (C=O) groups excluding carboxylic acids is 2. The van der Waals surface area contributed by atoms with E-state index in [0.717, 1.165) is 37.5 Å². The lowest BCUT2D eigenvalue weighted by Crippen LogP contribution is -2.54. The van der Waals surface area contributed by atoms with E-state index >= 15 is 0 Å². The second-order valence-corrected chi connectivity index (χ2v) is 10.4. The summed E-state index contributed by atoms with van der Waals surface area (Å²) in [5.41, 5.74) is 0.511. The highest BCUT2D eigenvalue weighted by atomic mass is 16.5. The first-order valence-electron chi connectivity index (χ1n) is 11.0. The summed E-state index contributed by atoms with van der Waals surface area (Å²) < 4.78 is 10.7. The molecule has 0 bridgehead atoms. The van der Waals surface area contributed by atoms with E-state index in [-0.39, 0.29) is 29.4 Å². The Hall–Kier alpha value is -1.06. The molecule has 4 nitrogen and oxygen atoms in total. The van der Waals surface area contributed by atoms with Crippen molar-refractivity contribution in [3.05, 3.63) is 0 Å². The van der Waals surface area contributed by atoms with Crippen molar-refractivity contribution in [2.24, 2.45) is 40.4 Å². The van der Waals surface area contributed by atoms with Crippen LogP contribution in [-0.2, 0) is 19.1 Å². The highest BCUT2D eigenvalue weighted by Gasteiger charge is 2.61. The maximum absolute atomic E-state index is 12.4. The Morgan fingerprint density at radius 3 is 2.30 bits per heavy atom. The molecule has 0 aromatic carbocycles. The number of fused-ring (bicyclic) bond motifs is 5. The third-order valence-corrected chi connectivity index (χ3v) is 9.44. The van der Waals surface area contributed by atoms with Crippen LogP contribution in [0.5, 0.6) is 0 Å². The van der Waals surface area contributed by atoms with Gasteiger partial charge in [0, 0.05) is 6.92 Å². The van der Waals surface area contributed by atoms with E-state index in [1.807, 2.05) is 0 Å². The predicted octanol–water partition coefficient (Wildman–Crippen LogP) is 4.75. The topological polar surface area (TPSA) is 52.6 Å². The summed E-state index contributed by atoms with van der Waals surface area (Å²) in [5, 5.41) is 0. The molecule has 0 unspecified atom stereocenters. The first-order chi connectivity index (χ1) is 12.8. The molecule has 0 N–H and O–H groups in total. The standard InChI is InChI=1S/C23H36O4/c1-14(24)27-16-9-11-22(2)15(13-16)5-6-17-18-7-8-20(21(25)26-4)23(18,3)12-10-19(17)22/h15-20H,5-13H2,1-4H3/t15-,16-,17+,18+,19+,20-,22+,23+/m1/s1. The van der Waals surface area contributed by atoms with Crippen LogP contribution in [0.1, 0.15) is 78.6 Å². The van der Waals surface area contributed by atoms with Crippen LogP contribution in [0.25, 0.3) is 0 Å². The molecule has 4 heteroatoms. The van der Waals surface area contributed by atoms with Gasteiger partial charge in [0.1, 0.15) is 6.10 Å². The fraction of sp³-hybridized carbons (Fsp3) is 0.913. The lowest BCUT2D eigenvalue weighted by Gasteiger charge is -2.60.